The van der Waals surface area contributed by atoms with Crippen LogP contribution in [0.1, 0.15) is 32.3 Å². The minimum Gasteiger partial charge on any atom is -0.493 e. The second-order valence-corrected chi connectivity index (χ2v) is 6.91. The number of amides is 1. The van der Waals surface area contributed by atoms with E-state index in [1.54, 1.807) is 0 Å². The number of carbonyl (C=O) groups excluding carboxylic acids is 1. The van der Waals surface area contributed by atoms with Gasteiger partial charge in [-0.05, 0) is 56.0 Å². The molecule has 4 nitrogen and oxygen atoms in total. The number of benzene rings is 1. The Morgan fingerprint density at radius 2 is 1.88 bits per heavy atom. The monoisotopic (exact) mass is 354 g/mol. The second-order valence-electron chi connectivity index (χ2n) is 6.91. The van der Waals surface area contributed by atoms with Crippen molar-refractivity contribution in [1.82, 2.24) is 10.2 Å². The molecule has 1 aliphatic rings. The molecular formula is C19H31ClN2O2. The summed E-state index contributed by atoms with van der Waals surface area (Å²) < 4.78 is 5.68. The van der Waals surface area contributed by atoms with Gasteiger partial charge in [0.05, 0.1) is 13.0 Å². The first kappa shape index (κ1) is 20.8. The summed E-state index contributed by atoms with van der Waals surface area (Å²) in [5.41, 5.74) is 1.06. The van der Waals surface area contributed by atoms with Crippen molar-refractivity contribution >= 4 is 18.3 Å². The Hall–Kier alpha value is -1.26. The van der Waals surface area contributed by atoms with Crippen LogP contribution in [0.3, 0.4) is 0 Å². The Morgan fingerprint density at radius 3 is 2.42 bits per heavy atom. The summed E-state index contributed by atoms with van der Waals surface area (Å²) in [6.45, 7) is 7.82. The van der Waals surface area contributed by atoms with E-state index in [0.717, 1.165) is 50.4 Å². The molecule has 0 unspecified atom stereocenters. The first-order valence-electron chi connectivity index (χ1n) is 8.72. The highest BCUT2D eigenvalue weighted by Gasteiger charge is 2.22. The summed E-state index contributed by atoms with van der Waals surface area (Å²) in [6.07, 6.45) is 2.70. The van der Waals surface area contributed by atoms with Crippen molar-refractivity contribution in [1.29, 1.82) is 0 Å². The quantitative estimate of drug-likeness (QED) is 0.817. The van der Waals surface area contributed by atoms with Crippen LogP contribution in [0.25, 0.3) is 0 Å². The Kier molecular flexibility index (Phi) is 9.16. The second kappa shape index (κ2) is 10.6. The van der Waals surface area contributed by atoms with Gasteiger partial charge in [0.1, 0.15) is 5.75 Å². The number of hydrogen-bond donors (Lipinski definition) is 1. The van der Waals surface area contributed by atoms with Gasteiger partial charge in [-0.2, -0.15) is 0 Å². The summed E-state index contributed by atoms with van der Waals surface area (Å²) in [6, 6.07) is 7.93. The predicted octanol–water partition coefficient (Wildman–Crippen LogP) is 3.14. The number of ether oxygens (including phenoxy) is 1. The lowest BCUT2D eigenvalue weighted by molar-refractivity contribution is -0.131. The average molecular weight is 355 g/mol. The minimum absolute atomic E-state index is 0. The third-order valence-electron chi connectivity index (χ3n) is 4.32. The van der Waals surface area contributed by atoms with Crippen molar-refractivity contribution in [3.05, 3.63) is 29.8 Å². The van der Waals surface area contributed by atoms with Gasteiger partial charge in [-0.15, -0.1) is 12.4 Å². The maximum atomic E-state index is 12.4. The van der Waals surface area contributed by atoms with Crippen molar-refractivity contribution in [3.8, 4) is 5.75 Å². The van der Waals surface area contributed by atoms with E-state index in [1.165, 1.54) is 0 Å². The van der Waals surface area contributed by atoms with Gasteiger partial charge in [0, 0.05) is 13.1 Å². The van der Waals surface area contributed by atoms with Gasteiger partial charge in [-0.3, -0.25) is 4.79 Å². The molecule has 0 aliphatic carbocycles. The van der Waals surface area contributed by atoms with Crippen LogP contribution in [-0.2, 0) is 11.2 Å². The molecule has 0 atom stereocenters. The Balaban J connectivity index is 0.00000288. The Bertz CT molecular complexity index is 483. The molecule has 0 saturated carbocycles. The fourth-order valence-corrected chi connectivity index (χ4v) is 2.93. The number of piperidine rings is 1. The van der Waals surface area contributed by atoms with E-state index < -0.39 is 0 Å². The molecule has 0 bridgehead atoms. The molecule has 1 saturated heterocycles. The summed E-state index contributed by atoms with van der Waals surface area (Å²) in [7, 11) is 1.99. The fourth-order valence-electron chi connectivity index (χ4n) is 2.93. The molecule has 1 fully saturated rings. The maximum absolute atomic E-state index is 12.4. The SMILES string of the molecule is CNCC1CCN(C(=O)Cc2ccc(OCC(C)C)cc2)CC1.Cl. The van der Waals surface area contributed by atoms with Crippen LogP contribution in [0, 0.1) is 11.8 Å². The molecule has 2 rings (SSSR count). The third kappa shape index (κ3) is 6.70. The molecule has 1 amide bonds. The molecule has 0 radical (unpaired) electrons. The molecule has 136 valence electrons. The van der Waals surface area contributed by atoms with Crippen LogP contribution < -0.4 is 10.1 Å². The van der Waals surface area contributed by atoms with Crippen molar-refractivity contribution in [2.45, 2.75) is 33.1 Å². The molecule has 1 aromatic carbocycles. The molecule has 5 heteroatoms. The largest absolute Gasteiger partial charge is 0.493 e. The van der Waals surface area contributed by atoms with Gasteiger partial charge in [-0.1, -0.05) is 26.0 Å². The van der Waals surface area contributed by atoms with Crippen molar-refractivity contribution in [3.63, 3.8) is 0 Å². The lowest BCUT2D eigenvalue weighted by Gasteiger charge is -2.32. The molecular weight excluding hydrogens is 324 g/mol. The average Bonchev–Trinajstić information content (AvgIpc) is 2.55. The van der Waals surface area contributed by atoms with E-state index in [2.05, 4.69) is 19.2 Å². The van der Waals surface area contributed by atoms with E-state index >= 15 is 0 Å². The van der Waals surface area contributed by atoms with Gasteiger partial charge >= 0.3 is 0 Å². The zero-order valence-corrected chi connectivity index (χ0v) is 15.9. The smallest absolute Gasteiger partial charge is 0.226 e. The van der Waals surface area contributed by atoms with Crippen LogP contribution in [0.4, 0.5) is 0 Å². The molecule has 1 aromatic rings. The summed E-state index contributed by atoms with van der Waals surface area (Å²) in [5, 5.41) is 3.23. The number of carbonyl (C=O) groups is 1. The van der Waals surface area contributed by atoms with E-state index in [0.29, 0.717) is 18.3 Å². The summed E-state index contributed by atoms with van der Waals surface area (Å²) in [4.78, 5) is 14.4. The highest BCUT2D eigenvalue weighted by Crippen LogP contribution is 2.18. The van der Waals surface area contributed by atoms with Gasteiger partial charge in [0.15, 0.2) is 0 Å². The number of nitrogens with zero attached hydrogens (tertiary/aromatic N) is 1. The Labute approximate surface area is 152 Å². The lowest BCUT2D eigenvalue weighted by Crippen LogP contribution is -2.41. The highest BCUT2D eigenvalue weighted by molar-refractivity contribution is 5.85. The van der Waals surface area contributed by atoms with Crippen LogP contribution in [0.2, 0.25) is 0 Å². The number of hydrogen-bond acceptors (Lipinski definition) is 3. The standard InChI is InChI=1S/C19H30N2O2.ClH/c1-15(2)14-23-18-6-4-16(5-7-18)12-19(22)21-10-8-17(9-11-21)13-20-3;/h4-7,15,17,20H,8-14H2,1-3H3;1H. The third-order valence-corrected chi connectivity index (χ3v) is 4.32. The fraction of sp³-hybridized carbons (Fsp3) is 0.632. The minimum atomic E-state index is 0. The molecule has 1 N–H and O–H groups in total. The van der Waals surface area contributed by atoms with E-state index in [1.807, 2.05) is 36.2 Å². The zero-order chi connectivity index (χ0) is 16.7. The van der Waals surface area contributed by atoms with Crippen LogP contribution >= 0.6 is 12.4 Å². The van der Waals surface area contributed by atoms with Crippen LogP contribution in [0.15, 0.2) is 24.3 Å². The first-order chi connectivity index (χ1) is 11.1. The number of likely N-dealkylation sites (tertiary alicyclic amines) is 1. The van der Waals surface area contributed by atoms with Gasteiger partial charge in [0.25, 0.3) is 0 Å². The lowest BCUT2D eigenvalue weighted by atomic mass is 9.96. The van der Waals surface area contributed by atoms with Crippen LogP contribution in [-0.4, -0.2) is 44.1 Å². The molecule has 1 heterocycles. The molecule has 0 spiro atoms. The summed E-state index contributed by atoms with van der Waals surface area (Å²) >= 11 is 0. The first-order valence-corrected chi connectivity index (χ1v) is 8.72. The van der Waals surface area contributed by atoms with Gasteiger partial charge in [-0.25, -0.2) is 0 Å². The van der Waals surface area contributed by atoms with Crippen molar-refractivity contribution in [2.75, 3.05) is 33.3 Å². The predicted molar refractivity (Wildman–Crippen MR) is 101 cm³/mol. The normalized spacial score (nSPS) is 15.2. The van der Waals surface area contributed by atoms with Gasteiger partial charge < -0.3 is 15.0 Å². The zero-order valence-electron chi connectivity index (χ0n) is 15.1. The molecule has 0 aromatic heterocycles. The Morgan fingerprint density at radius 1 is 1.25 bits per heavy atom. The van der Waals surface area contributed by atoms with Gasteiger partial charge in [0.2, 0.25) is 5.91 Å². The van der Waals surface area contributed by atoms with Crippen molar-refractivity contribution < 1.29 is 9.53 Å². The number of rotatable bonds is 7. The molecule has 24 heavy (non-hydrogen) atoms. The molecule has 1 aliphatic heterocycles. The summed E-state index contributed by atoms with van der Waals surface area (Å²) in [5.74, 6) is 2.34. The van der Waals surface area contributed by atoms with E-state index in [9.17, 15) is 4.79 Å². The van der Waals surface area contributed by atoms with E-state index in [4.69, 9.17) is 4.74 Å². The van der Waals surface area contributed by atoms with E-state index in [-0.39, 0.29) is 18.3 Å². The maximum Gasteiger partial charge on any atom is 0.226 e. The number of nitrogens with one attached hydrogen (secondary N) is 1. The van der Waals surface area contributed by atoms with Crippen LogP contribution in [0.5, 0.6) is 5.75 Å². The topological polar surface area (TPSA) is 41.6 Å². The van der Waals surface area contributed by atoms with Crippen molar-refractivity contribution in [2.24, 2.45) is 11.8 Å². The number of halogens is 1. The highest BCUT2D eigenvalue weighted by atomic mass is 35.5.